The van der Waals surface area contributed by atoms with Gasteiger partial charge in [0.2, 0.25) is 5.91 Å². The Morgan fingerprint density at radius 1 is 1.48 bits per heavy atom. The van der Waals surface area contributed by atoms with Crippen LogP contribution in [-0.4, -0.2) is 62.1 Å². The fraction of sp³-hybridized carbons (Fsp3) is 0.538. The molecular weight excluding hydrogens is 344 g/mol. The van der Waals surface area contributed by atoms with Gasteiger partial charge in [-0.1, -0.05) is 6.07 Å². The summed E-state index contributed by atoms with van der Waals surface area (Å²) in [6.45, 7) is 0.0734. The lowest BCUT2D eigenvalue weighted by Gasteiger charge is -2.22. The van der Waals surface area contributed by atoms with E-state index in [1.54, 1.807) is 11.4 Å². The Labute approximate surface area is 138 Å². The van der Waals surface area contributed by atoms with Crippen molar-refractivity contribution < 1.29 is 27.9 Å². The third kappa shape index (κ3) is 4.50. The molecule has 0 radical (unpaired) electrons. The van der Waals surface area contributed by atoms with Crippen LogP contribution in [0.3, 0.4) is 0 Å². The van der Waals surface area contributed by atoms with Crippen LogP contribution in [-0.2, 0) is 24.3 Å². The molecular formula is C13H18N2O6S2. The lowest BCUT2D eigenvalue weighted by atomic mass is 10.2. The predicted molar refractivity (Wildman–Crippen MR) is 82.7 cm³/mol. The number of carbonyl (C=O) groups is 2. The molecule has 128 valence electrons. The minimum atomic E-state index is -3.65. The molecule has 0 saturated carbocycles. The molecule has 2 heterocycles. The smallest absolute Gasteiger partial charge is 0.329 e. The Bertz CT molecular complexity index is 643. The van der Waals surface area contributed by atoms with Crippen LogP contribution in [0.15, 0.2) is 21.7 Å². The number of rotatable bonds is 8. The van der Waals surface area contributed by atoms with Gasteiger partial charge in [-0.2, -0.15) is 4.31 Å². The molecule has 0 bridgehead atoms. The standard InChI is InChI=1S/C13H18N2O6S2/c16-11(17)9-21-7-5-14-13(18)10-3-1-6-15(10)23(19,20)12-4-2-8-22-12/h2,4,8,10H,1,3,5-7,9H2,(H,14,18)(H,16,17). The van der Waals surface area contributed by atoms with E-state index in [1.165, 1.54) is 10.4 Å². The van der Waals surface area contributed by atoms with Crippen LogP contribution < -0.4 is 5.32 Å². The molecule has 1 aromatic heterocycles. The number of carboxylic acid groups (broad SMARTS) is 1. The molecule has 1 atom stereocenters. The van der Waals surface area contributed by atoms with Crippen molar-refractivity contribution in [2.45, 2.75) is 23.1 Å². The molecule has 0 aliphatic carbocycles. The summed E-state index contributed by atoms with van der Waals surface area (Å²) in [6, 6.07) is 2.44. The van der Waals surface area contributed by atoms with Gasteiger partial charge in [0.05, 0.1) is 6.61 Å². The number of sulfonamides is 1. The number of ether oxygens (including phenoxy) is 1. The van der Waals surface area contributed by atoms with Crippen molar-refractivity contribution in [2.24, 2.45) is 0 Å². The van der Waals surface area contributed by atoms with Gasteiger partial charge < -0.3 is 15.2 Å². The lowest BCUT2D eigenvalue weighted by Crippen LogP contribution is -2.46. The molecule has 1 amide bonds. The molecule has 1 aromatic rings. The fourth-order valence-corrected chi connectivity index (χ4v) is 5.12. The number of carboxylic acids is 1. The Morgan fingerprint density at radius 3 is 2.91 bits per heavy atom. The van der Waals surface area contributed by atoms with E-state index in [0.29, 0.717) is 19.4 Å². The van der Waals surface area contributed by atoms with Gasteiger partial charge in [0.1, 0.15) is 16.9 Å². The zero-order valence-electron chi connectivity index (χ0n) is 12.3. The van der Waals surface area contributed by atoms with Crippen LogP contribution in [0.2, 0.25) is 0 Å². The minimum absolute atomic E-state index is 0.0580. The quantitative estimate of drug-likeness (QED) is 0.635. The van der Waals surface area contributed by atoms with Gasteiger partial charge in [0.25, 0.3) is 10.0 Å². The van der Waals surface area contributed by atoms with Gasteiger partial charge in [0, 0.05) is 13.1 Å². The Morgan fingerprint density at radius 2 is 2.26 bits per heavy atom. The summed E-state index contributed by atoms with van der Waals surface area (Å²) >= 11 is 1.12. The number of carbonyl (C=O) groups excluding carboxylic acids is 1. The van der Waals surface area contributed by atoms with Gasteiger partial charge in [-0.3, -0.25) is 4.79 Å². The van der Waals surface area contributed by atoms with Crippen LogP contribution in [0.5, 0.6) is 0 Å². The number of hydrogen-bond donors (Lipinski definition) is 2. The van der Waals surface area contributed by atoms with Crippen LogP contribution >= 0.6 is 11.3 Å². The summed E-state index contributed by atoms with van der Waals surface area (Å²) in [4.78, 5) is 22.5. The van der Waals surface area contributed by atoms with Crippen molar-refractivity contribution >= 4 is 33.2 Å². The first-order valence-corrected chi connectivity index (χ1v) is 9.37. The SMILES string of the molecule is O=C(O)COCCNC(=O)C1CCCN1S(=O)(=O)c1cccs1. The van der Waals surface area contributed by atoms with Crippen LogP contribution in [0, 0.1) is 0 Å². The molecule has 1 unspecified atom stereocenters. The first-order chi connectivity index (χ1) is 10.9. The van der Waals surface area contributed by atoms with Crippen molar-refractivity contribution in [3.63, 3.8) is 0 Å². The van der Waals surface area contributed by atoms with Gasteiger partial charge >= 0.3 is 5.97 Å². The third-order valence-electron chi connectivity index (χ3n) is 3.34. The summed E-state index contributed by atoms with van der Waals surface area (Å²) in [5.41, 5.74) is 0. The highest BCUT2D eigenvalue weighted by molar-refractivity contribution is 7.91. The average molecular weight is 362 g/mol. The van der Waals surface area contributed by atoms with Gasteiger partial charge in [-0.25, -0.2) is 13.2 Å². The summed E-state index contributed by atoms with van der Waals surface area (Å²) in [5, 5.41) is 12.7. The van der Waals surface area contributed by atoms with Gasteiger partial charge in [-0.15, -0.1) is 11.3 Å². The van der Waals surface area contributed by atoms with E-state index in [1.807, 2.05) is 0 Å². The number of thiophene rings is 1. The second-order valence-corrected chi connectivity index (χ2v) is 8.01. The Hall–Kier alpha value is -1.49. The highest BCUT2D eigenvalue weighted by atomic mass is 32.2. The molecule has 1 aliphatic heterocycles. The highest BCUT2D eigenvalue weighted by Crippen LogP contribution is 2.28. The molecule has 8 nitrogen and oxygen atoms in total. The first kappa shape index (κ1) is 17.9. The third-order valence-corrected chi connectivity index (χ3v) is 6.62. The molecule has 1 fully saturated rings. The van der Waals surface area contributed by atoms with Crippen molar-refractivity contribution in [1.29, 1.82) is 0 Å². The number of amides is 1. The van der Waals surface area contributed by atoms with Gasteiger partial charge in [-0.05, 0) is 24.3 Å². The molecule has 1 aliphatic rings. The molecule has 10 heteroatoms. The van der Waals surface area contributed by atoms with E-state index >= 15 is 0 Å². The zero-order valence-corrected chi connectivity index (χ0v) is 13.9. The summed E-state index contributed by atoms with van der Waals surface area (Å²) < 4.78 is 31.3. The maximum atomic E-state index is 12.5. The second kappa shape index (κ2) is 7.86. The average Bonchev–Trinajstić information content (AvgIpc) is 3.18. The summed E-state index contributed by atoms with van der Waals surface area (Å²) in [5.74, 6) is -1.47. The molecule has 1 saturated heterocycles. The topological polar surface area (TPSA) is 113 Å². The van der Waals surface area contributed by atoms with Crippen LogP contribution in [0.1, 0.15) is 12.8 Å². The molecule has 0 aromatic carbocycles. The van der Waals surface area contributed by atoms with Crippen LogP contribution in [0.4, 0.5) is 0 Å². The number of hydrogen-bond acceptors (Lipinski definition) is 6. The number of nitrogens with zero attached hydrogens (tertiary/aromatic N) is 1. The summed E-state index contributed by atoms with van der Waals surface area (Å²) in [6.07, 6.45) is 1.09. The van der Waals surface area contributed by atoms with Crippen molar-refractivity contribution in [2.75, 3.05) is 26.3 Å². The van der Waals surface area contributed by atoms with Crippen molar-refractivity contribution in [1.82, 2.24) is 9.62 Å². The second-order valence-electron chi connectivity index (χ2n) is 4.94. The molecule has 2 rings (SSSR count). The number of aliphatic carboxylic acids is 1. The number of nitrogens with one attached hydrogen (secondary N) is 1. The lowest BCUT2D eigenvalue weighted by molar-refractivity contribution is -0.142. The Kier molecular flexibility index (Phi) is 6.10. The Balaban J connectivity index is 1.91. The van der Waals surface area contributed by atoms with E-state index in [4.69, 9.17) is 9.84 Å². The van der Waals surface area contributed by atoms with Crippen LogP contribution in [0.25, 0.3) is 0 Å². The van der Waals surface area contributed by atoms with Crippen molar-refractivity contribution in [3.05, 3.63) is 17.5 Å². The minimum Gasteiger partial charge on any atom is -0.480 e. The largest absolute Gasteiger partial charge is 0.480 e. The maximum Gasteiger partial charge on any atom is 0.329 e. The van der Waals surface area contributed by atoms with Crippen molar-refractivity contribution in [3.8, 4) is 0 Å². The molecule has 0 spiro atoms. The fourth-order valence-electron chi connectivity index (χ4n) is 2.34. The maximum absolute atomic E-state index is 12.5. The zero-order chi connectivity index (χ0) is 16.9. The predicted octanol–water partition coefficient (Wildman–Crippen LogP) is 0.119. The van der Waals surface area contributed by atoms with E-state index < -0.39 is 28.6 Å². The van der Waals surface area contributed by atoms with Gasteiger partial charge in [0.15, 0.2) is 0 Å². The molecule has 2 N–H and O–H groups in total. The summed E-state index contributed by atoms with van der Waals surface area (Å²) in [7, 11) is -3.65. The normalized spacial score (nSPS) is 18.9. The molecule has 23 heavy (non-hydrogen) atoms. The van der Waals surface area contributed by atoms with E-state index in [-0.39, 0.29) is 23.3 Å². The monoisotopic (exact) mass is 362 g/mol. The first-order valence-electron chi connectivity index (χ1n) is 7.05. The highest BCUT2D eigenvalue weighted by Gasteiger charge is 2.39. The van der Waals surface area contributed by atoms with E-state index in [9.17, 15) is 18.0 Å². The van der Waals surface area contributed by atoms with E-state index in [0.717, 1.165) is 11.3 Å². The van der Waals surface area contributed by atoms with E-state index in [2.05, 4.69) is 5.32 Å².